The van der Waals surface area contributed by atoms with Gasteiger partial charge in [0.15, 0.2) is 0 Å². The molecule has 1 N–H and O–H groups in total. The lowest BCUT2D eigenvalue weighted by Gasteiger charge is -2.52. The maximum atomic E-state index is 13.3. The van der Waals surface area contributed by atoms with Crippen molar-refractivity contribution in [2.75, 3.05) is 33.3 Å². The molecular weight excluding hydrogens is 553 g/mol. The molecule has 0 bridgehead atoms. The number of ether oxygens (including phenoxy) is 1. The van der Waals surface area contributed by atoms with E-state index >= 15 is 0 Å². The van der Waals surface area contributed by atoms with E-state index < -0.39 is 23.4 Å². The van der Waals surface area contributed by atoms with Crippen LogP contribution >= 0.6 is 0 Å². The Bertz CT molecular complexity index is 1650. The number of aromatic nitrogens is 7. The maximum Gasteiger partial charge on any atom is 0.451 e. The Labute approximate surface area is 238 Å². The van der Waals surface area contributed by atoms with E-state index in [-0.39, 0.29) is 24.0 Å². The van der Waals surface area contributed by atoms with E-state index in [2.05, 4.69) is 41.0 Å². The van der Waals surface area contributed by atoms with Gasteiger partial charge in [-0.15, -0.1) is 0 Å². The van der Waals surface area contributed by atoms with Crippen LogP contribution in [0.5, 0.6) is 0 Å². The molecule has 42 heavy (non-hydrogen) atoms. The lowest BCUT2D eigenvalue weighted by molar-refractivity contribution is -0.145. The van der Waals surface area contributed by atoms with E-state index in [1.54, 1.807) is 12.4 Å². The number of rotatable bonds is 7. The second-order valence-corrected chi connectivity index (χ2v) is 10.6. The molecule has 0 aromatic carbocycles. The number of nitrogens with one attached hydrogen (secondary N) is 1. The molecule has 0 radical (unpaired) electrons. The number of H-pyrrole nitrogens is 1. The average molecular weight is 581 g/mol. The molecule has 0 atom stereocenters. The lowest BCUT2D eigenvalue weighted by Crippen LogP contribution is -2.60. The fraction of sp³-hybridized carbons (Fsp3) is 0.444. The van der Waals surface area contributed by atoms with E-state index in [1.165, 1.54) is 24.4 Å². The van der Waals surface area contributed by atoms with Crippen LogP contribution in [-0.2, 0) is 23.1 Å². The third-order valence-electron chi connectivity index (χ3n) is 8.00. The normalized spacial score (nSPS) is 21.3. The number of nitrogens with zero attached hydrogens (tertiary/aromatic N) is 9. The van der Waals surface area contributed by atoms with Gasteiger partial charge in [0.05, 0.1) is 42.2 Å². The van der Waals surface area contributed by atoms with Crippen molar-refractivity contribution in [3.8, 4) is 17.3 Å². The molecule has 1 saturated heterocycles. The van der Waals surface area contributed by atoms with Gasteiger partial charge in [0.25, 0.3) is 5.91 Å². The molecule has 0 unspecified atom stereocenters. The van der Waals surface area contributed by atoms with Gasteiger partial charge in [0, 0.05) is 62.7 Å². The zero-order chi connectivity index (χ0) is 29.5. The molecule has 1 saturated carbocycles. The van der Waals surface area contributed by atoms with E-state index in [0.29, 0.717) is 45.4 Å². The molecular formula is C27H27F3N10O2. The highest BCUT2D eigenvalue weighted by molar-refractivity contribution is 5.92. The van der Waals surface area contributed by atoms with Gasteiger partial charge in [-0.05, 0) is 25.0 Å². The molecule has 2 aliphatic rings. The first-order chi connectivity index (χ1) is 20.2. The van der Waals surface area contributed by atoms with Crippen LogP contribution in [0.1, 0.15) is 41.3 Å². The summed E-state index contributed by atoms with van der Waals surface area (Å²) in [5.74, 6) is -1.93. The highest BCUT2D eigenvalue weighted by Gasteiger charge is 2.49. The molecule has 1 aliphatic heterocycles. The Morgan fingerprint density at radius 3 is 2.71 bits per heavy atom. The van der Waals surface area contributed by atoms with Crippen LogP contribution < -0.4 is 0 Å². The molecule has 12 nitrogen and oxygen atoms in total. The van der Waals surface area contributed by atoms with Gasteiger partial charge >= 0.3 is 6.18 Å². The zero-order valence-electron chi connectivity index (χ0n) is 22.7. The number of fused-ring (bicyclic) bond motifs is 1. The van der Waals surface area contributed by atoms with Crippen molar-refractivity contribution in [1.82, 2.24) is 44.5 Å². The molecule has 0 spiro atoms. The number of methoxy groups -OCH3 is 1. The van der Waals surface area contributed by atoms with Gasteiger partial charge < -0.3 is 14.6 Å². The Balaban J connectivity index is 1.11. The minimum Gasteiger partial charge on any atom is -0.378 e. The van der Waals surface area contributed by atoms with Crippen molar-refractivity contribution in [3.05, 3.63) is 54.3 Å². The monoisotopic (exact) mass is 580 g/mol. The highest BCUT2D eigenvalue weighted by atomic mass is 19.4. The van der Waals surface area contributed by atoms with Crippen LogP contribution in [0.3, 0.4) is 0 Å². The van der Waals surface area contributed by atoms with Crippen molar-refractivity contribution >= 4 is 16.9 Å². The van der Waals surface area contributed by atoms with Crippen LogP contribution in [0, 0.1) is 11.3 Å². The van der Waals surface area contributed by atoms with Gasteiger partial charge in [0.2, 0.25) is 5.82 Å². The standard InChI is InChI=1S/C27H27F3N10O2/c1-42-15-18-10-21(37-25(36-18)27(28,29)30)24(41)39-8-6-38(7-9-39)19-11-26(12-19,3-4-31)40-14-17(13-35-40)22-20-2-5-32-23(20)34-16-33-22/h2,5,10,13-14,16,19H,3,6-9,11-12,15H2,1H3,(H,32,33,34)/t19-,26+. The Hall–Kier alpha value is -4.42. The van der Waals surface area contributed by atoms with Crippen molar-refractivity contribution in [3.63, 3.8) is 0 Å². The van der Waals surface area contributed by atoms with Gasteiger partial charge in [-0.1, -0.05) is 0 Å². The number of aromatic amines is 1. The van der Waals surface area contributed by atoms with Crippen LogP contribution in [0.25, 0.3) is 22.3 Å². The van der Waals surface area contributed by atoms with Crippen molar-refractivity contribution < 1.29 is 22.7 Å². The largest absolute Gasteiger partial charge is 0.451 e. The molecule has 15 heteroatoms. The van der Waals surface area contributed by atoms with Crippen LogP contribution in [0.4, 0.5) is 13.2 Å². The highest BCUT2D eigenvalue weighted by Crippen LogP contribution is 2.45. The van der Waals surface area contributed by atoms with E-state index in [1.807, 2.05) is 16.9 Å². The summed E-state index contributed by atoms with van der Waals surface area (Å²) in [6.45, 7) is 1.63. The molecule has 218 valence electrons. The molecule has 1 aliphatic carbocycles. The fourth-order valence-corrected chi connectivity index (χ4v) is 5.85. The van der Waals surface area contributed by atoms with E-state index in [0.717, 1.165) is 22.3 Å². The van der Waals surface area contributed by atoms with Crippen molar-refractivity contribution in [2.24, 2.45) is 0 Å². The smallest absolute Gasteiger partial charge is 0.378 e. The summed E-state index contributed by atoms with van der Waals surface area (Å²) >= 11 is 0. The van der Waals surface area contributed by atoms with Crippen molar-refractivity contribution in [1.29, 1.82) is 5.26 Å². The van der Waals surface area contributed by atoms with Gasteiger partial charge in [-0.25, -0.2) is 19.9 Å². The summed E-state index contributed by atoms with van der Waals surface area (Å²) in [5, 5.41) is 15.1. The Kier molecular flexibility index (Phi) is 7.11. The van der Waals surface area contributed by atoms with Crippen molar-refractivity contribution in [2.45, 2.75) is 43.6 Å². The number of piperazine rings is 1. The number of hydrogen-bond acceptors (Lipinski definition) is 9. The quantitative estimate of drug-likeness (QED) is 0.349. The van der Waals surface area contributed by atoms with Gasteiger partial charge in [-0.2, -0.15) is 23.5 Å². The molecule has 4 aromatic heterocycles. The molecule has 4 aromatic rings. The third-order valence-corrected chi connectivity index (χ3v) is 8.00. The topological polar surface area (TPSA) is 142 Å². The number of halogens is 3. The maximum absolute atomic E-state index is 13.3. The molecule has 1 amide bonds. The number of alkyl halides is 3. The Morgan fingerprint density at radius 1 is 1.21 bits per heavy atom. The van der Waals surface area contributed by atoms with Crippen LogP contribution in [0.2, 0.25) is 0 Å². The number of nitriles is 1. The average Bonchev–Trinajstić information content (AvgIpc) is 3.64. The fourth-order valence-electron chi connectivity index (χ4n) is 5.85. The second kappa shape index (κ2) is 10.8. The minimum atomic E-state index is -4.78. The number of carbonyl (C=O) groups is 1. The first-order valence-electron chi connectivity index (χ1n) is 13.4. The summed E-state index contributed by atoms with van der Waals surface area (Å²) in [5.41, 5.74) is 1.56. The first kappa shape index (κ1) is 27.7. The summed E-state index contributed by atoms with van der Waals surface area (Å²) in [4.78, 5) is 35.6. The molecule has 2 fully saturated rings. The number of hydrogen-bond donors (Lipinski definition) is 1. The summed E-state index contributed by atoms with van der Waals surface area (Å²) in [7, 11) is 1.34. The number of carbonyl (C=O) groups excluding carboxylic acids is 1. The molecule has 6 rings (SSSR count). The predicted octanol–water partition coefficient (Wildman–Crippen LogP) is 3.01. The van der Waals surface area contributed by atoms with E-state index in [4.69, 9.17) is 4.74 Å². The Morgan fingerprint density at radius 2 is 2.00 bits per heavy atom. The number of amides is 1. The second-order valence-electron chi connectivity index (χ2n) is 10.6. The minimum absolute atomic E-state index is 0.0101. The summed E-state index contributed by atoms with van der Waals surface area (Å²) < 4.78 is 46.8. The van der Waals surface area contributed by atoms with Gasteiger partial charge in [-0.3, -0.25) is 14.4 Å². The zero-order valence-corrected chi connectivity index (χ0v) is 22.7. The third kappa shape index (κ3) is 5.07. The van der Waals surface area contributed by atoms with Crippen LogP contribution in [0.15, 0.2) is 37.1 Å². The SMILES string of the molecule is COCc1cc(C(=O)N2CCN([C@H]3C[C@@](CC#N)(n4cc(-c5ncnc6[nH]ccc56)cn4)C3)CC2)nc(C(F)(F)F)n1. The predicted molar refractivity (Wildman–Crippen MR) is 142 cm³/mol. The first-order valence-corrected chi connectivity index (χ1v) is 13.4. The summed E-state index contributed by atoms with van der Waals surface area (Å²) in [6.07, 6.45) is 3.91. The molecule has 5 heterocycles. The van der Waals surface area contributed by atoms with Crippen LogP contribution in [-0.4, -0.2) is 89.7 Å². The van der Waals surface area contributed by atoms with E-state index in [9.17, 15) is 23.2 Å². The lowest BCUT2D eigenvalue weighted by atomic mass is 9.70. The van der Waals surface area contributed by atoms with Gasteiger partial charge in [0.1, 0.15) is 17.7 Å². The summed E-state index contributed by atoms with van der Waals surface area (Å²) in [6, 6.07) is 5.65.